The van der Waals surface area contributed by atoms with E-state index in [1.807, 2.05) is 36.4 Å². The van der Waals surface area contributed by atoms with Gasteiger partial charge in [-0.15, -0.1) is 0 Å². The Morgan fingerprint density at radius 1 is 1.00 bits per heavy atom. The number of nitrogens with zero attached hydrogens (tertiary/aromatic N) is 3. The maximum atomic E-state index is 13.7. The predicted molar refractivity (Wildman–Crippen MR) is 136 cm³/mol. The zero-order valence-corrected chi connectivity index (χ0v) is 20.8. The molecule has 2 atom stereocenters. The fraction of sp³-hybridized carbons (Fsp3) is 0.423. The molecule has 0 spiro atoms. The number of amides is 1. The SMILES string of the molecule is O=C([C@@H]1CCN1S(=O)(=O)c1ccc(N2CC[C@H](O)C2)c(-c2cc3ccccc3[nH]2)c1)N1CCOCC1. The van der Waals surface area contributed by atoms with Crippen LogP contribution in [-0.2, 0) is 19.6 Å². The summed E-state index contributed by atoms with van der Waals surface area (Å²) in [5.74, 6) is -0.147. The van der Waals surface area contributed by atoms with Gasteiger partial charge in [0, 0.05) is 60.6 Å². The molecule has 3 aliphatic rings. The molecule has 3 aliphatic heterocycles. The van der Waals surface area contributed by atoms with Gasteiger partial charge in [-0.1, -0.05) is 18.2 Å². The standard InChI is InChI=1S/C26H30N4O5S/c31-19-7-9-29(17-19)24-6-5-20(16-21(24)23-15-18-3-1-2-4-22(18)27-23)36(33,34)30-10-8-25(30)26(32)28-11-13-35-14-12-28/h1-6,15-16,19,25,27,31H,7-14,17H2/t19-,25-/m0/s1. The van der Waals surface area contributed by atoms with Crippen molar-refractivity contribution in [3.05, 3.63) is 48.5 Å². The number of aromatic nitrogens is 1. The van der Waals surface area contributed by atoms with E-state index >= 15 is 0 Å². The third-order valence-electron chi connectivity index (χ3n) is 7.48. The van der Waals surface area contributed by atoms with E-state index < -0.39 is 22.2 Å². The Labute approximate surface area is 210 Å². The van der Waals surface area contributed by atoms with Crippen molar-refractivity contribution in [2.45, 2.75) is 29.9 Å². The van der Waals surface area contributed by atoms with Gasteiger partial charge in [-0.2, -0.15) is 4.31 Å². The van der Waals surface area contributed by atoms with E-state index in [0.29, 0.717) is 58.8 Å². The van der Waals surface area contributed by atoms with Gasteiger partial charge in [0.1, 0.15) is 6.04 Å². The van der Waals surface area contributed by atoms with Crippen LogP contribution >= 0.6 is 0 Å². The van der Waals surface area contributed by atoms with Crippen molar-refractivity contribution in [3.8, 4) is 11.3 Å². The molecule has 2 N–H and O–H groups in total. The van der Waals surface area contributed by atoms with Gasteiger partial charge in [0.05, 0.1) is 24.2 Å². The molecule has 0 saturated carbocycles. The number of H-pyrrole nitrogens is 1. The second-order valence-corrected chi connectivity index (χ2v) is 11.6. The number of nitrogens with one attached hydrogen (secondary N) is 1. The number of benzene rings is 2. The molecule has 2 aromatic carbocycles. The Bertz CT molecular complexity index is 1370. The smallest absolute Gasteiger partial charge is 0.243 e. The number of para-hydroxylation sites is 1. The summed E-state index contributed by atoms with van der Waals surface area (Å²) in [6.45, 7) is 3.46. The number of anilines is 1. The van der Waals surface area contributed by atoms with Crippen LogP contribution in [0.3, 0.4) is 0 Å². The molecule has 6 rings (SSSR count). The lowest BCUT2D eigenvalue weighted by Crippen LogP contribution is -2.60. The summed E-state index contributed by atoms with van der Waals surface area (Å²) in [5.41, 5.74) is 3.42. The Hall–Kier alpha value is -2.92. The van der Waals surface area contributed by atoms with E-state index in [1.54, 1.807) is 17.0 Å². The monoisotopic (exact) mass is 510 g/mol. The maximum Gasteiger partial charge on any atom is 0.243 e. The van der Waals surface area contributed by atoms with Crippen molar-refractivity contribution in [2.24, 2.45) is 0 Å². The molecule has 190 valence electrons. The van der Waals surface area contributed by atoms with Gasteiger partial charge in [-0.25, -0.2) is 8.42 Å². The van der Waals surface area contributed by atoms with Crippen molar-refractivity contribution in [1.82, 2.24) is 14.2 Å². The van der Waals surface area contributed by atoms with Crippen LogP contribution in [0.1, 0.15) is 12.8 Å². The lowest BCUT2D eigenvalue weighted by molar-refractivity contribution is -0.142. The van der Waals surface area contributed by atoms with Crippen LogP contribution < -0.4 is 4.90 Å². The Morgan fingerprint density at radius 2 is 1.81 bits per heavy atom. The molecule has 4 heterocycles. The molecular formula is C26H30N4O5S. The highest BCUT2D eigenvalue weighted by Gasteiger charge is 2.44. The third-order valence-corrected chi connectivity index (χ3v) is 9.38. The van der Waals surface area contributed by atoms with Crippen LogP contribution in [0.5, 0.6) is 0 Å². The highest BCUT2D eigenvalue weighted by atomic mass is 32.2. The summed E-state index contributed by atoms with van der Waals surface area (Å²) >= 11 is 0. The van der Waals surface area contributed by atoms with Crippen molar-refractivity contribution in [3.63, 3.8) is 0 Å². The lowest BCUT2D eigenvalue weighted by atomic mass is 10.1. The van der Waals surface area contributed by atoms with Crippen LogP contribution in [0.2, 0.25) is 0 Å². The van der Waals surface area contributed by atoms with E-state index in [2.05, 4.69) is 9.88 Å². The fourth-order valence-electron chi connectivity index (χ4n) is 5.37. The second kappa shape index (κ2) is 9.19. The highest BCUT2D eigenvalue weighted by Crippen LogP contribution is 2.38. The molecule has 0 unspecified atom stereocenters. The van der Waals surface area contributed by atoms with Gasteiger partial charge in [0.2, 0.25) is 15.9 Å². The zero-order valence-electron chi connectivity index (χ0n) is 20.0. The molecule has 0 aliphatic carbocycles. The van der Waals surface area contributed by atoms with E-state index in [9.17, 15) is 18.3 Å². The summed E-state index contributed by atoms with van der Waals surface area (Å²) in [4.78, 5) is 20.4. The number of aliphatic hydroxyl groups excluding tert-OH is 1. The Morgan fingerprint density at radius 3 is 2.50 bits per heavy atom. The van der Waals surface area contributed by atoms with E-state index in [4.69, 9.17) is 4.74 Å². The van der Waals surface area contributed by atoms with Crippen molar-refractivity contribution < 1.29 is 23.1 Å². The topological polar surface area (TPSA) is 106 Å². The number of β-amino-alcohol motifs (C(OH)–C–C–N with tert-alkyl or cyclic N) is 1. The molecule has 0 radical (unpaired) electrons. The molecule has 3 aromatic rings. The average molecular weight is 511 g/mol. The summed E-state index contributed by atoms with van der Waals surface area (Å²) < 4.78 is 34.1. The Kier molecular flexibility index (Phi) is 5.99. The van der Waals surface area contributed by atoms with Crippen LogP contribution in [0.15, 0.2) is 53.4 Å². The minimum Gasteiger partial charge on any atom is -0.391 e. The first-order chi connectivity index (χ1) is 17.4. The molecule has 3 fully saturated rings. The quantitative estimate of drug-likeness (QED) is 0.544. The first kappa shape index (κ1) is 23.5. The van der Waals surface area contributed by atoms with Gasteiger partial charge in [0.25, 0.3) is 0 Å². The van der Waals surface area contributed by atoms with Crippen molar-refractivity contribution in [2.75, 3.05) is 50.8 Å². The molecule has 3 saturated heterocycles. The number of ether oxygens (including phenoxy) is 1. The third kappa shape index (κ3) is 4.07. The highest BCUT2D eigenvalue weighted by molar-refractivity contribution is 7.89. The molecule has 1 aromatic heterocycles. The Balaban J connectivity index is 1.36. The predicted octanol–water partition coefficient (Wildman–Crippen LogP) is 2.03. The van der Waals surface area contributed by atoms with E-state index in [0.717, 1.165) is 27.8 Å². The number of fused-ring (bicyclic) bond motifs is 1. The minimum atomic E-state index is -3.87. The van der Waals surface area contributed by atoms with Crippen molar-refractivity contribution in [1.29, 1.82) is 0 Å². The molecule has 9 nitrogen and oxygen atoms in total. The van der Waals surface area contributed by atoms with Crippen LogP contribution in [0.4, 0.5) is 5.69 Å². The molecule has 10 heteroatoms. The summed E-state index contributed by atoms with van der Waals surface area (Å²) in [6, 6.07) is 14.4. The minimum absolute atomic E-state index is 0.147. The lowest BCUT2D eigenvalue weighted by Gasteiger charge is -2.41. The summed E-state index contributed by atoms with van der Waals surface area (Å²) in [7, 11) is -3.87. The maximum absolute atomic E-state index is 13.7. The van der Waals surface area contributed by atoms with Crippen LogP contribution in [0, 0.1) is 0 Å². The van der Waals surface area contributed by atoms with Gasteiger partial charge < -0.3 is 24.6 Å². The average Bonchev–Trinajstić information content (AvgIpc) is 3.49. The number of hydrogen-bond acceptors (Lipinski definition) is 6. The van der Waals surface area contributed by atoms with Crippen LogP contribution in [0.25, 0.3) is 22.2 Å². The van der Waals surface area contributed by atoms with Gasteiger partial charge in [0.15, 0.2) is 0 Å². The first-order valence-corrected chi connectivity index (χ1v) is 13.9. The molecule has 36 heavy (non-hydrogen) atoms. The number of aromatic amines is 1. The van der Waals surface area contributed by atoms with E-state index in [-0.39, 0.29) is 10.8 Å². The van der Waals surface area contributed by atoms with Crippen LogP contribution in [-0.4, -0.2) is 91.7 Å². The number of rotatable bonds is 5. The van der Waals surface area contributed by atoms with Gasteiger partial charge in [-0.05, 0) is 43.2 Å². The first-order valence-electron chi connectivity index (χ1n) is 12.5. The van der Waals surface area contributed by atoms with Gasteiger partial charge >= 0.3 is 0 Å². The zero-order chi connectivity index (χ0) is 24.9. The number of carbonyl (C=O) groups is 1. The normalized spacial score (nSPS) is 23.2. The number of sulfonamides is 1. The van der Waals surface area contributed by atoms with Crippen molar-refractivity contribution >= 4 is 32.5 Å². The largest absolute Gasteiger partial charge is 0.391 e. The summed E-state index contributed by atoms with van der Waals surface area (Å²) in [6.07, 6.45) is 0.788. The number of aliphatic hydroxyl groups is 1. The molecule has 0 bridgehead atoms. The second-order valence-electron chi connectivity index (χ2n) is 9.70. The number of morpholine rings is 1. The fourth-order valence-corrected chi connectivity index (χ4v) is 7.03. The van der Waals surface area contributed by atoms with Gasteiger partial charge in [-0.3, -0.25) is 4.79 Å². The number of carbonyl (C=O) groups excluding carboxylic acids is 1. The molecular weight excluding hydrogens is 480 g/mol. The number of hydrogen-bond donors (Lipinski definition) is 2. The summed E-state index contributed by atoms with van der Waals surface area (Å²) in [5, 5.41) is 11.2. The van der Waals surface area contributed by atoms with E-state index in [1.165, 1.54) is 4.31 Å². The molecule has 1 amide bonds.